The second kappa shape index (κ2) is 6.44. The van der Waals surface area contributed by atoms with Gasteiger partial charge in [0.1, 0.15) is 5.70 Å². The van der Waals surface area contributed by atoms with Crippen molar-refractivity contribution >= 4 is 17.6 Å². The molecule has 0 aliphatic rings. The maximum Gasteiger partial charge on any atom is 0.354 e. The fourth-order valence-electron chi connectivity index (χ4n) is 1.31. The smallest absolute Gasteiger partial charge is 0.354 e. The molecule has 0 aromatic heterocycles. The van der Waals surface area contributed by atoms with Crippen molar-refractivity contribution in [1.82, 2.24) is 0 Å². The number of carbonyl (C=O) groups is 2. The number of ether oxygens (including phenoxy) is 2. The Morgan fingerprint density at radius 1 is 1.22 bits per heavy atom. The summed E-state index contributed by atoms with van der Waals surface area (Å²) in [5, 5.41) is 2.82. The first-order valence-electron chi connectivity index (χ1n) is 5.28. The highest BCUT2D eigenvalue weighted by molar-refractivity contribution is 5.98. The minimum atomic E-state index is -0.637. The zero-order valence-electron chi connectivity index (χ0n) is 10.5. The Morgan fingerprint density at radius 3 is 2.50 bits per heavy atom. The zero-order valence-corrected chi connectivity index (χ0v) is 10.5. The van der Waals surface area contributed by atoms with Crippen molar-refractivity contribution in [3.05, 3.63) is 41.6 Å². The molecule has 0 radical (unpaired) electrons. The fraction of sp³-hybridized carbons (Fsp3) is 0.231. The van der Waals surface area contributed by atoms with E-state index in [1.54, 1.807) is 6.07 Å². The maximum absolute atomic E-state index is 11.5. The quantitative estimate of drug-likeness (QED) is 0.649. The lowest BCUT2D eigenvalue weighted by molar-refractivity contribution is -0.138. The summed E-state index contributed by atoms with van der Waals surface area (Å²) in [6.07, 6.45) is 1.05. The Bertz CT molecular complexity index is 480. The highest BCUT2D eigenvalue weighted by Crippen LogP contribution is 2.13. The summed E-state index contributed by atoms with van der Waals surface area (Å²) in [6, 6.07) is 7.38. The van der Waals surface area contributed by atoms with Crippen LogP contribution in [0.2, 0.25) is 0 Å². The molecule has 0 fully saturated rings. The van der Waals surface area contributed by atoms with Crippen molar-refractivity contribution in [2.24, 2.45) is 0 Å². The minimum Gasteiger partial charge on any atom is -0.466 e. The van der Waals surface area contributed by atoms with Gasteiger partial charge in [-0.05, 0) is 24.6 Å². The van der Waals surface area contributed by atoms with Crippen LogP contribution in [0.4, 0.5) is 5.69 Å². The van der Waals surface area contributed by atoms with Crippen molar-refractivity contribution < 1.29 is 19.1 Å². The lowest BCUT2D eigenvalue weighted by Crippen LogP contribution is -2.15. The normalized spacial score (nSPS) is 10.7. The van der Waals surface area contributed by atoms with Gasteiger partial charge in [0.25, 0.3) is 0 Å². The Morgan fingerprint density at radius 2 is 1.94 bits per heavy atom. The predicted octanol–water partition coefficient (Wildman–Crippen LogP) is 1.64. The number of benzene rings is 1. The predicted molar refractivity (Wildman–Crippen MR) is 66.9 cm³/mol. The molecule has 0 bridgehead atoms. The topological polar surface area (TPSA) is 64.6 Å². The van der Waals surface area contributed by atoms with Crippen LogP contribution in [0.15, 0.2) is 36.0 Å². The first-order valence-corrected chi connectivity index (χ1v) is 5.28. The van der Waals surface area contributed by atoms with Gasteiger partial charge in [-0.1, -0.05) is 12.1 Å². The van der Waals surface area contributed by atoms with Crippen LogP contribution in [0.25, 0.3) is 0 Å². The van der Waals surface area contributed by atoms with E-state index in [0.717, 1.165) is 11.6 Å². The van der Waals surface area contributed by atoms with E-state index in [1.807, 2.05) is 25.1 Å². The number of rotatable bonds is 4. The average molecular weight is 249 g/mol. The summed E-state index contributed by atoms with van der Waals surface area (Å²) in [5.74, 6) is -1.27. The molecule has 0 aliphatic heterocycles. The van der Waals surface area contributed by atoms with Gasteiger partial charge in [0.15, 0.2) is 0 Å². The summed E-state index contributed by atoms with van der Waals surface area (Å²) in [5.41, 5.74) is 1.74. The molecule has 1 aromatic carbocycles. The third kappa shape index (κ3) is 3.93. The van der Waals surface area contributed by atoms with Gasteiger partial charge in [-0.2, -0.15) is 0 Å². The van der Waals surface area contributed by atoms with Gasteiger partial charge in [-0.3, -0.25) is 0 Å². The summed E-state index contributed by atoms with van der Waals surface area (Å²) in [4.78, 5) is 22.6. The molecule has 96 valence electrons. The van der Waals surface area contributed by atoms with E-state index in [2.05, 4.69) is 14.8 Å². The van der Waals surface area contributed by atoms with Crippen LogP contribution in [0.1, 0.15) is 5.56 Å². The molecular weight excluding hydrogens is 234 g/mol. The lowest BCUT2D eigenvalue weighted by Gasteiger charge is -2.09. The van der Waals surface area contributed by atoms with Gasteiger partial charge in [0.2, 0.25) is 0 Å². The summed E-state index contributed by atoms with van der Waals surface area (Å²) < 4.78 is 9.06. The Hall–Kier alpha value is -2.30. The number of esters is 2. The van der Waals surface area contributed by atoms with Crippen LogP contribution >= 0.6 is 0 Å². The molecule has 0 saturated heterocycles. The van der Waals surface area contributed by atoms with E-state index in [9.17, 15) is 9.59 Å². The number of hydrogen-bond acceptors (Lipinski definition) is 5. The van der Waals surface area contributed by atoms with E-state index in [-0.39, 0.29) is 5.70 Å². The molecular formula is C13H15NO4. The van der Waals surface area contributed by atoms with Crippen LogP contribution in [0.5, 0.6) is 0 Å². The number of anilines is 1. The second-order valence-electron chi connectivity index (χ2n) is 3.57. The molecule has 5 nitrogen and oxygen atoms in total. The molecule has 1 aromatic rings. The van der Waals surface area contributed by atoms with Crippen molar-refractivity contribution in [3.63, 3.8) is 0 Å². The third-order valence-corrected chi connectivity index (χ3v) is 2.17. The van der Waals surface area contributed by atoms with E-state index >= 15 is 0 Å². The van der Waals surface area contributed by atoms with Gasteiger partial charge in [-0.25, -0.2) is 9.59 Å². The van der Waals surface area contributed by atoms with Gasteiger partial charge >= 0.3 is 11.9 Å². The lowest BCUT2D eigenvalue weighted by atomic mass is 10.2. The molecule has 1 N–H and O–H groups in total. The van der Waals surface area contributed by atoms with Crippen LogP contribution in [-0.2, 0) is 19.1 Å². The van der Waals surface area contributed by atoms with Crippen molar-refractivity contribution in [3.8, 4) is 0 Å². The molecule has 0 spiro atoms. The number of carbonyl (C=O) groups excluding carboxylic acids is 2. The molecule has 0 unspecified atom stereocenters. The van der Waals surface area contributed by atoms with Gasteiger partial charge in [0.05, 0.1) is 20.3 Å². The fourth-order valence-corrected chi connectivity index (χ4v) is 1.31. The standard InChI is InChI=1S/C13H15NO4/c1-9-5-4-6-10(7-9)14-11(13(16)18-3)8-12(15)17-2/h4-8,14H,1-3H3/b11-8+. The first kappa shape index (κ1) is 13.8. The van der Waals surface area contributed by atoms with Gasteiger partial charge in [0, 0.05) is 5.69 Å². The second-order valence-corrected chi connectivity index (χ2v) is 3.57. The van der Waals surface area contributed by atoms with E-state index < -0.39 is 11.9 Å². The SMILES string of the molecule is COC(=O)/C=C(/Nc1cccc(C)c1)C(=O)OC. The Kier molecular flexibility index (Phi) is 4.92. The largest absolute Gasteiger partial charge is 0.466 e. The Labute approximate surface area is 105 Å². The Balaban J connectivity index is 2.95. The number of hydrogen-bond donors (Lipinski definition) is 1. The van der Waals surface area contributed by atoms with Gasteiger partial charge < -0.3 is 14.8 Å². The molecule has 5 heteroatoms. The maximum atomic E-state index is 11.5. The molecule has 0 aliphatic carbocycles. The minimum absolute atomic E-state index is 0.0231. The van der Waals surface area contributed by atoms with Gasteiger partial charge in [-0.15, -0.1) is 0 Å². The van der Waals surface area contributed by atoms with Crippen LogP contribution < -0.4 is 5.32 Å². The van der Waals surface area contributed by atoms with E-state index in [1.165, 1.54) is 14.2 Å². The highest BCUT2D eigenvalue weighted by atomic mass is 16.5. The molecule has 0 atom stereocenters. The molecule has 18 heavy (non-hydrogen) atoms. The first-order chi connectivity index (χ1) is 8.56. The van der Waals surface area contributed by atoms with Crippen molar-refractivity contribution in [2.45, 2.75) is 6.92 Å². The van der Waals surface area contributed by atoms with Crippen molar-refractivity contribution in [1.29, 1.82) is 0 Å². The molecule has 0 heterocycles. The molecule has 0 amide bonds. The van der Waals surface area contributed by atoms with E-state index in [0.29, 0.717) is 5.69 Å². The number of nitrogens with one attached hydrogen (secondary N) is 1. The third-order valence-electron chi connectivity index (χ3n) is 2.17. The van der Waals surface area contributed by atoms with Crippen LogP contribution in [0.3, 0.4) is 0 Å². The van der Waals surface area contributed by atoms with Crippen LogP contribution in [0, 0.1) is 6.92 Å². The average Bonchev–Trinajstić information content (AvgIpc) is 2.36. The molecule has 1 rings (SSSR count). The van der Waals surface area contributed by atoms with E-state index in [4.69, 9.17) is 0 Å². The van der Waals surface area contributed by atoms with Crippen molar-refractivity contribution in [2.75, 3.05) is 19.5 Å². The monoisotopic (exact) mass is 249 g/mol. The number of methoxy groups -OCH3 is 2. The number of aryl methyl sites for hydroxylation is 1. The van der Waals surface area contributed by atoms with Crippen LogP contribution in [-0.4, -0.2) is 26.2 Å². The zero-order chi connectivity index (χ0) is 13.5. The summed E-state index contributed by atoms with van der Waals surface area (Å²) in [6.45, 7) is 1.92. The summed E-state index contributed by atoms with van der Waals surface area (Å²) in [7, 11) is 2.48. The highest BCUT2D eigenvalue weighted by Gasteiger charge is 2.12. The summed E-state index contributed by atoms with van der Waals surface area (Å²) >= 11 is 0. The molecule has 0 saturated carbocycles.